The molecule has 35 heavy (non-hydrogen) atoms. The number of pyridine rings is 1. The number of nitrogens with one attached hydrogen (secondary N) is 3. The molecule has 0 spiro atoms. The molecule has 3 N–H and O–H groups in total. The van der Waals surface area contributed by atoms with Crippen molar-refractivity contribution in [1.29, 1.82) is 0 Å². The summed E-state index contributed by atoms with van der Waals surface area (Å²) in [5.41, 5.74) is 8.46. The summed E-state index contributed by atoms with van der Waals surface area (Å²) in [4.78, 5) is 20.0. The number of nitrogens with zero attached hydrogens (tertiary/aromatic N) is 2. The number of amides is 1. The van der Waals surface area contributed by atoms with Crippen molar-refractivity contribution in [3.8, 4) is 33.6 Å². The molecule has 1 amide bonds. The van der Waals surface area contributed by atoms with Crippen molar-refractivity contribution in [2.24, 2.45) is 5.92 Å². The van der Waals surface area contributed by atoms with Crippen LogP contribution in [-0.4, -0.2) is 26.1 Å². The minimum absolute atomic E-state index is 0.0369. The Balaban J connectivity index is 1.41. The van der Waals surface area contributed by atoms with Crippen LogP contribution in [0.25, 0.3) is 55.4 Å². The predicted molar refractivity (Wildman–Crippen MR) is 138 cm³/mol. The molecule has 6 aromatic rings. The average Bonchev–Trinajstić information content (AvgIpc) is 3.62. The van der Waals surface area contributed by atoms with Crippen LogP contribution in [0.5, 0.6) is 0 Å². The maximum atomic E-state index is 12.1. The van der Waals surface area contributed by atoms with Gasteiger partial charge in [0, 0.05) is 39.5 Å². The molecular formula is C28H23N5O2. The van der Waals surface area contributed by atoms with Gasteiger partial charge in [-0.15, -0.1) is 0 Å². The average molecular weight is 462 g/mol. The van der Waals surface area contributed by atoms with E-state index in [4.69, 9.17) is 4.42 Å². The zero-order valence-corrected chi connectivity index (χ0v) is 19.3. The molecule has 2 aromatic carbocycles. The Kier molecular flexibility index (Phi) is 4.95. The van der Waals surface area contributed by atoms with Crippen molar-refractivity contribution in [3.05, 3.63) is 79.5 Å². The number of aromatic amines is 2. The predicted octanol–water partition coefficient (Wildman–Crippen LogP) is 6.63. The Morgan fingerprint density at radius 2 is 1.86 bits per heavy atom. The number of carbonyl (C=O) groups is 1. The Hall–Kier alpha value is -4.65. The number of fused-ring (bicyclic) bond motifs is 2. The second-order valence-electron chi connectivity index (χ2n) is 8.90. The number of anilines is 1. The molecule has 6 rings (SSSR count). The molecule has 0 bridgehead atoms. The normalized spacial score (nSPS) is 11.5. The van der Waals surface area contributed by atoms with Crippen molar-refractivity contribution in [2.75, 3.05) is 5.32 Å². The van der Waals surface area contributed by atoms with Crippen LogP contribution in [0.1, 0.15) is 13.8 Å². The number of carbonyl (C=O) groups excluding carboxylic acids is 1. The molecule has 7 nitrogen and oxygen atoms in total. The maximum absolute atomic E-state index is 12.1. The molecule has 0 saturated carbocycles. The highest BCUT2D eigenvalue weighted by molar-refractivity contribution is 6.02. The fourth-order valence-electron chi connectivity index (χ4n) is 4.30. The van der Waals surface area contributed by atoms with E-state index in [9.17, 15) is 4.79 Å². The molecule has 7 heteroatoms. The first-order valence-corrected chi connectivity index (χ1v) is 11.5. The van der Waals surface area contributed by atoms with E-state index in [2.05, 4.69) is 49.7 Å². The molecule has 0 aliphatic carbocycles. The van der Waals surface area contributed by atoms with Crippen LogP contribution in [-0.2, 0) is 4.79 Å². The van der Waals surface area contributed by atoms with E-state index in [1.165, 1.54) is 0 Å². The summed E-state index contributed by atoms with van der Waals surface area (Å²) in [5, 5.41) is 12.8. The molecular weight excluding hydrogens is 438 g/mol. The van der Waals surface area contributed by atoms with Crippen molar-refractivity contribution >= 4 is 33.4 Å². The van der Waals surface area contributed by atoms with E-state index in [0.29, 0.717) is 5.69 Å². The second kappa shape index (κ2) is 8.29. The highest BCUT2D eigenvalue weighted by Gasteiger charge is 2.15. The van der Waals surface area contributed by atoms with Crippen LogP contribution in [0.3, 0.4) is 0 Å². The molecule has 0 aliphatic heterocycles. The van der Waals surface area contributed by atoms with Gasteiger partial charge in [0.25, 0.3) is 0 Å². The van der Waals surface area contributed by atoms with Crippen LogP contribution in [0.4, 0.5) is 5.69 Å². The zero-order valence-electron chi connectivity index (χ0n) is 19.3. The topological polar surface area (TPSA) is 99.6 Å². The fraction of sp³-hybridized carbons (Fsp3) is 0.107. The van der Waals surface area contributed by atoms with Gasteiger partial charge in [-0.3, -0.25) is 14.9 Å². The molecule has 0 saturated heterocycles. The molecule has 4 heterocycles. The monoisotopic (exact) mass is 461 g/mol. The second-order valence-corrected chi connectivity index (χ2v) is 8.90. The van der Waals surface area contributed by atoms with Gasteiger partial charge in [0.15, 0.2) is 0 Å². The lowest BCUT2D eigenvalue weighted by atomic mass is 10.0. The van der Waals surface area contributed by atoms with Gasteiger partial charge >= 0.3 is 0 Å². The smallest absolute Gasteiger partial charge is 0.226 e. The quantitative estimate of drug-likeness (QED) is 0.268. The van der Waals surface area contributed by atoms with Gasteiger partial charge in [-0.05, 0) is 47.5 Å². The Labute approximate surface area is 201 Å². The SMILES string of the molecule is CC(C)C(=O)Nc1cncc(-c2ccc3[nH]nc(-c4cc5c(-c6ccoc6)cccc5[nH]4)c3c2)c1. The zero-order chi connectivity index (χ0) is 23.9. The van der Waals surface area contributed by atoms with Gasteiger partial charge < -0.3 is 14.7 Å². The number of benzene rings is 2. The number of furan rings is 1. The van der Waals surface area contributed by atoms with Gasteiger partial charge in [0.05, 0.1) is 35.6 Å². The lowest BCUT2D eigenvalue weighted by Gasteiger charge is -2.09. The lowest BCUT2D eigenvalue weighted by Crippen LogP contribution is -2.17. The van der Waals surface area contributed by atoms with Crippen LogP contribution < -0.4 is 5.32 Å². The minimum Gasteiger partial charge on any atom is -0.472 e. The Morgan fingerprint density at radius 3 is 2.69 bits per heavy atom. The van der Waals surface area contributed by atoms with E-state index < -0.39 is 0 Å². The number of aromatic nitrogens is 4. The van der Waals surface area contributed by atoms with E-state index in [1.807, 2.05) is 44.2 Å². The summed E-state index contributed by atoms with van der Waals surface area (Å²) in [7, 11) is 0. The van der Waals surface area contributed by atoms with Crippen molar-refractivity contribution in [2.45, 2.75) is 13.8 Å². The van der Waals surface area contributed by atoms with E-state index in [-0.39, 0.29) is 11.8 Å². The minimum atomic E-state index is -0.103. The highest BCUT2D eigenvalue weighted by atomic mass is 16.3. The van der Waals surface area contributed by atoms with E-state index in [1.54, 1.807) is 24.9 Å². The maximum Gasteiger partial charge on any atom is 0.226 e. The third-order valence-corrected chi connectivity index (χ3v) is 6.18. The number of hydrogen-bond donors (Lipinski definition) is 3. The Morgan fingerprint density at radius 1 is 0.943 bits per heavy atom. The summed E-state index contributed by atoms with van der Waals surface area (Å²) < 4.78 is 5.30. The third-order valence-electron chi connectivity index (χ3n) is 6.18. The Bertz CT molecular complexity index is 1670. The summed E-state index contributed by atoms with van der Waals surface area (Å²) in [6.07, 6.45) is 6.89. The summed E-state index contributed by atoms with van der Waals surface area (Å²) in [6.45, 7) is 3.73. The molecule has 0 radical (unpaired) electrons. The molecule has 4 aromatic heterocycles. The molecule has 172 valence electrons. The van der Waals surface area contributed by atoms with Crippen molar-refractivity contribution in [1.82, 2.24) is 20.2 Å². The molecule has 0 unspecified atom stereocenters. The lowest BCUT2D eigenvalue weighted by molar-refractivity contribution is -0.118. The first kappa shape index (κ1) is 20.9. The number of rotatable bonds is 5. The van der Waals surface area contributed by atoms with Gasteiger partial charge in [-0.25, -0.2) is 0 Å². The van der Waals surface area contributed by atoms with Gasteiger partial charge in [0.2, 0.25) is 5.91 Å². The number of hydrogen-bond acceptors (Lipinski definition) is 4. The van der Waals surface area contributed by atoms with E-state index in [0.717, 1.165) is 55.4 Å². The summed E-state index contributed by atoms with van der Waals surface area (Å²) in [5.74, 6) is -0.140. The first-order chi connectivity index (χ1) is 17.1. The number of H-pyrrole nitrogens is 2. The highest BCUT2D eigenvalue weighted by Crippen LogP contribution is 2.35. The van der Waals surface area contributed by atoms with Gasteiger partial charge in [0.1, 0.15) is 5.69 Å². The largest absolute Gasteiger partial charge is 0.472 e. The molecule has 0 aliphatic rings. The molecule has 0 atom stereocenters. The van der Waals surface area contributed by atoms with Crippen LogP contribution in [0, 0.1) is 5.92 Å². The van der Waals surface area contributed by atoms with Gasteiger partial charge in [-0.2, -0.15) is 5.10 Å². The van der Waals surface area contributed by atoms with Crippen LogP contribution >= 0.6 is 0 Å². The summed E-state index contributed by atoms with van der Waals surface area (Å²) >= 11 is 0. The van der Waals surface area contributed by atoms with Crippen LogP contribution in [0.2, 0.25) is 0 Å². The standard InChI is InChI=1S/C28H23N5O2/c1-16(2)28(34)30-20-10-19(13-29-14-20)17-6-7-25-23(11-17)27(33-32-25)26-12-22-21(18-8-9-35-15-18)4-3-5-24(22)31-26/h3-16,31H,1-2H3,(H,30,34)(H,32,33). The van der Waals surface area contributed by atoms with Crippen molar-refractivity contribution < 1.29 is 9.21 Å². The van der Waals surface area contributed by atoms with Gasteiger partial charge in [-0.1, -0.05) is 32.0 Å². The summed E-state index contributed by atoms with van der Waals surface area (Å²) in [6, 6.07) is 18.3. The van der Waals surface area contributed by atoms with E-state index >= 15 is 0 Å². The van der Waals surface area contributed by atoms with Crippen LogP contribution in [0.15, 0.2) is 83.9 Å². The molecule has 0 fully saturated rings. The third kappa shape index (κ3) is 3.77. The van der Waals surface area contributed by atoms with Crippen molar-refractivity contribution in [3.63, 3.8) is 0 Å². The fourth-order valence-corrected chi connectivity index (χ4v) is 4.30. The first-order valence-electron chi connectivity index (χ1n) is 11.5.